The Kier molecular flexibility index (Phi) is 5.17. The molecule has 84 valence electrons. The quantitative estimate of drug-likeness (QED) is 0.650. The lowest BCUT2D eigenvalue weighted by Crippen LogP contribution is -2.32. The van der Waals surface area contributed by atoms with E-state index in [4.69, 9.17) is 4.74 Å². The second-order valence-corrected chi connectivity index (χ2v) is 5.23. The van der Waals surface area contributed by atoms with Crippen LogP contribution in [0.5, 0.6) is 0 Å². The molecule has 2 heteroatoms. The van der Waals surface area contributed by atoms with Crippen molar-refractivity contribution in [3.8, 4) is 0 Å². The Bertz CT molecular complexity index is 177. The average molecular weight is 200 g/mol. The standard InChI is InChI=1S/C12H24O2/c1-7-8-10(12(4,5)6)14-11(13)9(2)3/h9-10H,7-8H2,1-6H3. The molecule has 0 aromatic rings. The first-order valence-electron chi connectivity index (χ1n) is 5.49. The lowest BCUT2D eigenvalue weighted by molar-refractivity contribution is -0.159. The van der Waals surface area contributed by atoms with Gasteiger partial charge in [-0.15, -0.1) is 0 Å². The van der Waals surface area contributed by atoms with E-state index in [1.165, 1.54) is 0 Å². The SMILES string of the molecule is CCCC(OC(=O)C(C)C)C(C)(C)C. The smallest absolute Gasteiger partial charge is 0.308 e. The first kappa shape index (κ1) is 13.5. The summed E-state index contributed by atoms with van der Waals surface area (Å²) in [4.78, 5) is 11.5. The van der Waals surface area contributed by atoms with Crippen molar-refractivity contribution in [3.05, 3.63) is 0 Å². The van der Waals surface area contributed by atoms with E-state index in [0.29, 0.717) is 0 Å². The number of hydrogen-bond acceptors (Lipinski definition) is 2. The van der Waals surface area contributed by atoms with E-state index in [1.54, 1.807) is 0 Å². The van der Waals surface area contributed by atoms with Gasteiger partial charge in [0, 0.05) is 0 Å². The van der Waals surface area contributed by atoms with Crippen LogP contribution in [-0.4, -0.2) is 12.1 Å². The van der Waals surface area contributed by atoms with Crippen LogP contribution >= 0.6 is 0 Å². The molecule has 0 aliphatic carbocycles. The molecule has 0 amide bonds. The third kappa shape index (κ3) is 4.64. The minimum atomic E-state index is -0.0848. The number of hydrogen-bond donors (Lipinski definition) is 0. The molecule has 1 unspecified atom stereocenters. The largest absolute Gasteiger partial charge is 0.462 e. The molecule has 0 N–H and O–H groups in total. The van der Waals surface area contributed by atoms with Gasteiger partial charge in [-0.05, 0) is 11.8 Å². The molecule has 14 heavy (non-hydrogen) atoms. The second-order valence-electron chi connectivity index (χ2n) is 5.23. The third-order valence-electron chi connectivity index (χ3n) is 2.25. The number of ether oxygens (including phenoxy) is 1. The molecule has 1 atom stereocenters. The summed E-state index contributed by atoms with van der Waals surface area (Å²) in [5, 5.41) is 0. The van der Waals surface area contributed by atoms with E-state index in [-0.39, 0.29) is 23.4 Å². The molecule has 0 heterocycles. The minimum Gasteiger partial charge on any atom is -0.462 e. The number of carbonyl (C=O) groups excluding carboxylic acids is 1. The van der Waals surface area contributed by atoms with Gasteiger partial charge in [0.1, 0.15) is 6.10 Å². The van der Waals surface area contributed by atoms with Crippen molar-refractivity contribution >= 4 is 5.97 Å². The molecule has 0 spiro atoms. The Morgan fingerprint density at radius 1 is 1.29 bits per heavy atom. The maximum atomic E-state index is 11.5. The van der Waals surface area contributed by atoms with Gasteiger partial charge >= 0.3 is 5.97 Å². The normalized spacial score (nSPS) is 14.2. The lowest BCUT2D eigenvalue weighted by Gasteiger charge is -2.30. The second kappa shape index (κ2) is 5.38. The summed E-state index contributed by atoms with van der Waals surface area (Å²) in [5.74, 6) is -0.116. The van der Waals surface area contributed by atoms with Crippen molar-refractivity contribution < 1.29 is 9.53 Å². The van der Waals surface area contributed by atoms with Gasteiger partial charge in [0.25, 0.3) is 0 Å². The molecule has 0 aliphatic heterocycles. The average Bonchev–Trinajstić information content (AvgIpc) is 2.01. The molecule has 0 saturated heterocycles. The first-order valence-corrected chi connectivity index (χ1v) is 5.49. The van der Waals surface area contributed by atoms with E-state index in [2.05, 4.69) is 27.7 Å². The van der Waals surface area contributed by atoms with Gasteiger partial charge in [-0.1, -0.05) is 48.0 Å². The Labute approximate surface area is 88.0 Å². The summed E-state index contributed by atoms with van der Waals surface area (Å²) in [7, 11) is 0. The maximum absolute atomic E-state index is 11.5. The van der Waals surface area contributed by atoms with Gasteiger partial charge in [0.15, 0.2) is 0 Å². The summed E-state index contributed by atoms with van der Waals surface area (Å²) < 4.78 is 5.48. The Hall–Kier alpha value is -0.530. The third-order valence-corrected chi connectivity index (χ3v) is 2.25. The molecule has 0 rings (SSSR count). The number of carbonyl (C=O) groups is 1. The topological polar surface area (TPSA) is 26.3 Å². The zero-order valence-corrected chi connectivity index (χ0v) is 10.4. The Morgan fingerprint density at radius 3 is 2.07 bits per heavy atom. The van der Waals surface area contributed by atoms with E-state index < -0.39 is 0 Å². The summed E-state index contributed by atoms with van der Waals surface area (Å²) in [6.07, 6.45) is 2.04. The van der Waals surface area contributed by atoms with Crippen LogP contribution in [0.3, 0.4) is 0 Å². The molecular formula is C12H24O2. The Morgan fingerprint density at radius 2 is 1.79 bits per heavy atom. The summed E-state index contributed by atoms with van der Waals surface area (Å²) in [6, 6.07) is 0. The van der Waals surface area contributed by atoms with Crippen molar-refractivity contribution in [2.75, 3.05) is 0 Å². The zero-order chi connectivity index (χ0) is 11.4. The fraction of sp³-hybridized carbons (Fsp3) is 0.917. The number of esters is 1. The highest BCUT2D eigenvalue weighted by Gasteiger charge is 2.28. The fourth-order valence-corrected chi connectivity index (χ4v) is 1.21. The molecule has 0 bridgehead atoms. The summed E-state index contributed by atoms with van der Waals surface area (Å²) >= 11 is 0. The number of rotatable bonds is 4. The van der Waals surface area contributed by atoms with Crippen molar-refractivity contribution in [3.63, 3.8) is 0 Å². The maximum Gasteiger partial charge on any atom is 0.308 e. The van der Waals surface area contributed by atoms with Crippen LogP contribution in [0, 0.1) is 11.3 Å². The van der Waals surface area contributed by atoms with Gasteiger partial charge in [-0.25, -0.2) is 0 Å². The van der Waals surface area contributed by atoms with E-state index in [0.717, 1.165) is 12.8 Å². The van der Waals surface area contributed by atoms with E-state index in [1.807, 2.05) is 13.8 Å². The van der Waals surface area contributed by atoms with Crippen LogP contribution in [0.1, 0.15) is 54.4 Å². The Balaban J connectivity index is 4.31. The molecule has 0 radical (unpaired) electrons. The van der Waals surface area contributed by atoms with Crippen molar-refractivity contribution in [2.45, 2.75) is 60.5 Å². The van der Waals surface area contributed by atoms with Crippen LogP contribution in [0.25, 0.3) is 0 Å². The van der Waals surface area contributed by atoms with Crippen LogP contribution in [-0.2, 0) is 9.53 Å². The van der Waals surface area contributed by atoms with Crippen LogP contribution < -0.4 is 0 Å². The van der Waals surface area contributed by atoms with Gasteiger partial charge in [-0.2, -0.15) is 0 Å². The predicted molar refractivity (Wildman–Crippen MR) is 59.1 cm³/mol. The van der Waals surface area contributed by atoms with Gasteiger partial charge < -0.3 is 4.74 Å². The van der Waals surface area contributed by atoms with E-state index >= 15 is 0 Å². The highest BCUT2D eigenvalue weighted by atomic mass is 16.5. The van der Waals surface area contributed by atoms with E-state index in [9.17, 15) is 4.79 Å². The van der Waals surface area contributed by atoms with Crippen LogP contribution in [0.4, 0.5) is 0 Å². The molecule has 0 aromatic carbocycles. The van der Waals surface area contributed by atoms with Crippen LogP contribution in [0.15, 0.2) is 0 Å². The molecular weight excluding hydrogens is 176 g/mol. The van der Waals surface area contributed by atoms with Crippen molar-refractivity contribution in [1.82, 2.24) is 0 Å². The molecule has 0 aliphatic rings. The first-order chi connectivity index (χ1) is 6.29. The molecule has 0 saturated carbocycles. The monoisotopic (exact) mass is 200 g/mol. The predicted octanol–water partition coefficient (Wildman–Crippen LogP) is 3.40. The minimum absolute atomic E-state index is 0.0308. The van der Waals surface area contributed by atoms with Crippen molar-refractivity contribution in [2.24, 2.45) is 11.3 Å². The van der Waals surface area contributed by atoms with Gasteiger partial charge in [-0.3, -0.25) is 4.79 Å². The van der Waals surface area contributed by atoms with Crippen molar-refractivity contribution in [1.29, 1.82) is 0 Å². The van der Waals surface area contributed by atoms with Gasteiger partial charge in [0.2, 0.25) is 0 Å². The highest BCUT2D eigenvalue weighted by molar-refractivity contribution is 5.71. The molecule has 2 nitrogen and oxygen atoms in total. The molecule has 0 aromatic heterocycles. The highest BCUT2D eigenvalue weighted by Crippen LogP contribution is 2.26. The fourth-order valence-electron chi connectivity index (χ4n) is 1.21. The van der Waals surface area contributed by atoms with Crippen LogP contribution in [0.2, 0.25) is 0 Å². The van der Waals surface area contributed by atoms with Gasteiger partial charge in [0.05, 0.1) is 5.92 Å². The zero-order valence-electron chi connectivity index (χ0n) is 10.4. The summed E-state index contributed by atoms with van der Waals surface area (Å²) in [6.45, 7) is 12.2. The summed E-state index contributed by atoms with van der Waals surface area (Å²) in [5.41, 5.74) is 0.0422. The lowest BCUT2D eigenvalue weighted by atomic mass is 9.86. The molecule has 0 fully saturated rings.